The summed E-state index contributed by atoms with van der Waals surface area (Å²) in [5, 5.41) is 14.9. The lowest BCUT2D eigenvalue weighted by Gasteiger charge is -1.99. The van der Waals surface area contributed by atoms with Gasteiger partial charge in [-0.05, 0) is 12.1 Å². The number of rotatable bonds is 5. The number of aromatic nitrogens is 2. The number of carbonyl (C=O) groups is 2. The normalized spacial score (nSPS) is 10.4. The Morgan fingerprint density at radius 2 is 2.11 bits per heavy atom. The summed E-state index contributed by atoms with van der Waals surface area (Å²) in [6.45, 7) is 1.96. The Labute approximate surface area is 107 Å². The first-order chi connectivity index (χ1) is 9.06. The SMILES string of the molecule is Cc1nc(CCNC(=O)c2ccc(C(=O)O)o2)no1. The fourth-order valence-corrected chi connectivity index (χ4v) is 1.39. The highest BCUT2D eigenvalue weighted by Gasteiger charge is 2.14. The second-order valence-corrected chi connectivity index (χ2v) is 3.70. The van der Waals surface area contributed by atoms with Crippen LogP contribution in [0.1, 0.15) is 32.8 Å². The second kappa shape index (κ2) is 5.34. The quantitative estimate of drug-likeness (QED) is 0.814. The maximum Gasteiger partial charge on any atom is 0.371 e. The number of hydrogen-bond acceptors (Lipinski definition) is 6. The van der Waals surface area contributed by atoms with E-state index in [0.29, 0.717) is 24.7 Å². The van der Waals surface area contributed by atoms with E-state index in [4.69, 9.17) is 14.0 Å². The molecule has 0 saturated carbocycles. The van der Waals surface area contributed by atoms with Gasteiger partial charge in [0.2, 0.25) is 11.7 Å². The van der Waals surface area contributed by atoms with E-state index in [1.807, 2.05) is 0 Å². The molecule has 0 aromatic carbocycles. The number of amides is 1. The molecule has 0 atom stereocenters. The van der Waals surface area contributed by atoms with Gasteiger partial charge in [0, 0.05) is 19.9 Å². The zero-order valence-electron chi connectivity index (χ0n) is 10.0. The van der Waals surface area contributed by atoms with Gasteiger partial charge in [-0.15, -0.1) is 0 Å². The van der Waals surface area contributed by atoms with Gasteiger partial charge in [-0.3, -0.25) is 4.79 Å². The lowest BCUT2D eigenvalue weighted by atomic mass is 10.3. The molecule has 2 aromatic rings. The molecule has 0 radical (unpaired) electrons. The first-order valence-electron chi connectivity index (χ1n) is 5.47. The molecule has 100 valence electrons. The minimum atomic E-state index is -1.22. The van der Waals surface area contributed by atoms with E-state index in [0.717, 1.165) is 0 Å². The van der Waals surface area contributed by atoms with Crippen LogP contribution in [0.3, 0.4) is 0 Å². The molecule has 0 unspecified atom stereocenters. The Hall–Kier alpha value is -2.64. The van der Waals surface area contributed by atoms with Crippen molar-refractivity contribution in [2.45, 2.75) is 13.3 Å². The highest BCUT2D eigenvalue weighted by atomic mass is 16.5. The van der Waals surface area contributed by atoms with Gasteiger partial charge < -0.3 is 19.4 Å². The number of hydrogen-bond donors (Lipinski definition) is 2. The van der Waals surface area contributed by atoms with Crippen LogP contribution >= 0.6 is 0 Å². The van der Waals surface area contributed by atoms with E-state index in [1.165, 1.54) is 12.1 Å². The minimum Gasteiger partial charge on any atom is -0.475 e. The number of aromatic carboxylic acids is 1. The van der Waals surface area contributed by atoms with Crippen LogP contribution in [0.5, 0.6) is 0 Å². The fourth-order valence-electron chi connectivity index (χ4n) is 1.39. The van der Waals surface area contributed by atoms with Gasteiger partial charge in [0.1, 0.15) is 0 Å². The zero-order chi connectivity index (χ0) is 13.8. The predicted octanol–water partition coefficient (Wildman–Crippen LogP) is 0.642. The van der Waals surface area contributed by atoms with Gasteiger partial charge in [0.15, 0.2) is 11.6 Å². The van der Waals surface area contributed by atoms with Crippen LogP contribution in [0.4, 0.5) is 0 Å². The second-order valence-electron chi connectivity index (χ2n) is 3.70. The molecule has 19 heavy (non-hydrogen) atoms. The van der Waals surface area contributed by atoms with Gasteiger partial charge in [0.05, 0.1) is 0 Å². The number of aryl methyl sites for hydroxylation is 1. The monoisotopic (exact) mass is 265 g/mol. The lowest BCUT2D eigenvalue weighted by molar-refractivity contribution is 0.0659. The van der Waals surface area contributed by atoms with Crippen molar-refractivity contribution in [2.24, 2.45) is 0 Å². The molecule has 0 saturated heterocycles. The Kier molecular flexibility index (Phi) is 3.60. The van der Waals surface area contributed by atoms with Crippen molar-refractivity contribution in [3.63, 3.8) is 0 Å². The Balaban J connectivity index is 1.85. The molecule has 1 amide bonds. The summed E-state index contributed by atoms with van der Waals surface area (Å²) in [5.41, 5.74) is 0. The average molecular weight is 265 g/mol. The maximum atomic E-state index is 11.6. The van der Waals surface area contributed by atoms with Crippen molar-refractivity contribution < 1.29 is 23.6 Å². The molecule has 2 heterocycles. The van der Waals surface area contributed by atoms with E-state index in [2.05, 4.69) is 15.5 Å². The number of carboxylic acid groups (broad SMARTS) is 1. The van der Waals surface area contributed by atoms with Crippen molar-refractivity contribution in [3.8, 4) is 0 Å². The van der Waals surface area contributed by atoms with E-state index in [1.54, 1.807) is 6.92 Å². The first-order valence-corrected chi connectivity index (χ1v) is 5.47. The lowest BCUT2D eigenvalue weighted by Crippen LogP contribution is -2.25. The van der Waals surface area contributed by atoms with Gasteiger partial charge in [-0.25, -0.2) is 4.79 Å². The van der Waals surface area contributed by atoms with Crippen LogP contribution in [0.15, 0.2) is 21.1 Å². The number of nitrogens with zero attached hydrogens (tertiary/aromatic N) is 2. The molecule has 0 spiro atoms. The van der Waals surface area contributed by atoms with Gasteiger partial charge in [0.25, 0.3) is 5.91 Å². The van der Waals surface area contributed by atoms with Crippen LogP contribution < -0.4 is 5.32 Å². The topological polar surface area (TPSA) is 118 Å². The molecular formula is C11H11N3O5. The highest BCUT2D eigenvalue weighted by molar-refractivity contribution is 5.93. The van der Waals surface area contributed by atoms with Crippen LogP contribution in [0.25, 0.3) is 0 Å². The molecule has 2 rings (SSSR count). The van der Waals surface area contributed by atoms with Crippen LogP contribution in [0, 0.1) is 6.92 Å². The molecule has 0 aliphatic rings. The first kappa shape index (κ1) is 12.8. The molecule has 8 nitrogen and oxygen atoms in total. The van der Waals surface area contributed by atoms with Crippen LogP contribution in [0.2, 0.25) is 0 Å². The van der Waals surface area contributed by atoms with Gasteiger partial charge in [-0.1, -0.05) is 5.16 Å². The third-order valence-corrected chi connectivity index (χ3v) is 2.24. The fraction of sp³-hybridized carbons (Fsp3) is 0.273. The smallest absolute Gasteiger partial charge is 0.371 e. The molecular weight excluding hydrogens is 254 g/mol. The van der Waals surface area contributed by atoms with Crippen LogP contribution in [-0.4, -0.2) is 33.7 Å². The summed E-state index contributed by atoms with van der Waals surface area (Å²) < 4.78 is 9.63. The predicted molar refractivity (Wildman–Crippen MR) is 60.7 cm³/mol. The summed E-state index contributed by atoms with van der Waals surface area (Å²) in [7, 11) is 0. The molecule has 8 heteroatoms. The van der Waals surface area contributed by atoms with E-state index in [9.17, 15) is 9.59 Å². The van der Waals surface area contributed by atoms with Crippen molar-refractivity contribution in [3.05, 3.63) is 35.4 Å². The zero-order valence-corrected chi connectivity index (χ0v) is 10.0. The Morgan fingerprint density at radius 1 is 1.37 bits per heavy atom. The Bertz CT molecular complexity index is 601. The van der Waals surface area contributed by atoms with E-state index < -0.39 is 11.9 Å². The molecule has 0 fully saturated rings. The molecule has 0 bridgehead atoms. The maximum absolute atomic E-state index is 11.6. The number of carboxylic acids is 1. The molecule has 2 N–H and O–H groups in total. The number of carbonyl (C=O) groups excluding carboxylic acids is 1. The minimum absolute atomic E-state index is 0.0540. The summed E-state index contributed by atoms with van der Waals surface area (Å²) in [6.07, 6.45) is 0.412. The van der Waals surface area contributed by atoms with Crippen molar-refractivity contribution in [2.75, 3.05) is 6.54 Å². The van der Waals surface area contributed by atoms with Crippen molar-refractivity contribution >= 4 is 11.9 Å². The van der Waals surface area contributed by atoms with E-state index >= 15 is 0 Å². The highest BCUT2D eigenvalue weighted by Crippen LogP contribution is 2.07. The largest absolute Gasteiger partial charge is 0.475 e. The summed E-state index contributed by atoms with van der Waals surface area (Å²) >= 11 is 0. The van der Waals surface area contributed by atoms with Gasteiger partial charge in [-0.2, -0.15) is 4.98 Å². The van der Waals surface area contributed by atoms with Gasteiger partial charge >= 0.3 is 5.97 Å². The summed E-state index contributed by atoms with van der Waals surface area (Å²) in [4.78, 5) is 26.2. The third-order valence-electron chi connectivity index (χ3n) is 2.24. The number of furan rings is 1. The standard InChI is InChI=1S/C11H11N3O5/c1-6-13-9(14-19-6)4-5-12-10(15)7-2-3-8(18-7)11(16)17/h2-3H,4-5H2,1H3,(H,12,15)(H,16,17). The van der Waals surface area contributed by atoms with Crippen molar-refractivity contribution in [1.82, 2.24) is 15.5 Å². The third kappa shape index (κ3) is 3.18. The van der Waals surface area contributed by atoms with Crippen LogP contribution in [-0.2, 0) is 6.42 Å². The average Bonchev–Trinajstić information content (AvgIpc) is 2.98. The molecule has 2 aromatic heterocycles. The summed E-state index contributed by atoms with van der Waals surface area (Å²) in [6, 6.07) is 2.52. The van der Waals surface area contributed by atoms with Crippen molar-refractivity contribution in [1.29, 1.82) is 0 Å². The summed E-state index contributed by atoms with van der Waals surface area (Å²) in [5.74, 6) is -1.10. The molecule has 0 aliphatic carbocycles. The van der Waals surface area contributed by atoms with E-state index in [-0.39, 0.29) is 11.5 Å². The molecule has 0 aliphatic heterocycles. The number of nitrogens with one attached hydrogen (secondary N) is 1. The Morgan fingerprint density at radius 3 is 2.68 bits per heavy atom.